The number of rotatable bonds is 1. The van der Waals surface area contributed by atoms with E-state index in [1.807, 2.05) is 0 Å². The average Bonchev–Trinajstić information content (AvgIpc) is 1.38. The number of carbonyl (C=O) groups is 1. The maximum absolute atomic E-state index is 9.12. The molecule has 0 aromatic rings. The molecule has 0 aliphatic carbocycles. The molecule has 8 N–H and O–H groups in total. The number of aliphatic hydroxyl groups is 1. The van der Waals surface area contributed by atoms with Crippen molar-refractivity contribution in [3.05, 3.63) is 0 Å². The molecule has 0 aromatic heterocycles. The molecule has 0 atom stereocenters. The smallest absolute Gasteiger partial charge is 0.329 e. The Kier molecular flexibility index (Phi) is 47.1. The van der Waals surface area contributed by atoms with Crippen LogP contribution in [0.4, 0.5) is 0 Å². The molecule has 0 heterocycles. The monoisotopic (exact) mass is 200 g/mol. The molecule has 0 radical (unpaired) electrons. The van der Waals surface area contributed by atoms with E-state index in [9.17, 15) is 0 Å². The summed E-state index contributed by atoms with van der Waals surface area (Å²) in [6, 6.07) is 0. The Labute approximate surface area is 66.4 Å². The van der Waals surface area contributed by atoms with Crippen molar-refractivity contribution in [2.45, 2.75) is 0 Å². The summed E-state index contributed by atoms with van der Waals surface area (Å²) in [4.78, 5) is 9.12. The maximum atomic E-state index is 9.12. The van der Waals surface area contributed by atoms with Gasteiger partial charge in [-0.25, -0.2) is 4.79 Å². The van der Waals surface area contributed by atoms with Crippen LogP contribution in [0.2, 0.25) is 0 Å². The standard InChI is InChI=1S/C2H4O3.2H3N.Zr/c3-1-2(4)5;;;/h3H,1H2,(H,4,5);2*1H3;. The van der Waals surface area contributed by atoms with Crippen molar-refractivity contribution in [3.8, 4) is 0 Å². The molecule has 0 spiro atoms. The SMILES string of the molecule is N.N.O=C(O)CO.[Zr]. The summed E-state index contributed by atoms with van der Waals surface area (Å²) in [5, 5.41) is 15.0. The molecule has 0 rings (SSSR count). The number of aliphatic carboxylic acids is 1. The van der Waals surface area contributed by atoms with Gasteiger partial charge in [-0.2, -0.15) is 0 Å². The van der Waals surface area contributed by atoms with Crippen LogP contribution in [0.1, 0.15) is 0 Å². The third kappa shape index (κ3) is 34.2. The minimum absolute atomic E-state index is 0. The van der Waals surface area contributed by atoms with Gasteiger partial charge in [0.25, 0.3) is 0 Å². The Morgan fingerprint density at radius 2 is 1.50 bits per heavy atom. The predicted octanol–water partition coefficient (Wildman–Crippen LogP) is -0.615. The Morgan fingerprint density at radius 1 is 1.38 bits per heavy atom. The van der Waals surface area contributed by atoms with Crippen molar-refractivity contribution in [1.82, 2.24) is 12.3 Å². The first-order valence-electron chi connectivity index (χ1n) is 1.10. The maximum Gasteiger partial charge on any atom is 0.329 e. The summed E-state index contributed by atoms with van der Waals surface area (Å²) in [7, 11) is 0. The van der Waals surface area contributed by atoms with E-state index < -0.39 is 12.6 Å². The van der Waals surface area contributed by atoms with Crippen molar-refractivity contribution < 1.29 is 41.2 Å². The molecule has 0 aliphatic heterocycles. The van der Waals surface area contributed by atoms with E-state index in [0.29, 0.717) is 0 Å². The van der Waals surface area contributed by atoms with Crippen LogP contribution in [-0.4, -0.2) is 22.8 Å². The van der Waals surface area contributed by atoms with Crippen LogP contribution >= 0.6 is 0 Å². The zero-order valence-electron chi connectivity index (χ0n) is 4.42. The van der Waals surface area contributed by atoms with Crippen LogP contribution in [0.15, 0.2) is 0 Å². The fourth-order valence-corrected chi connectivity index (χ4v) is 0. The first-order valence-corrected chi connectivity index (χ1v) is 1.10. The van der Waals surface area contributed by atoms with Crippen LogP contribution in [0.5, 0.6) is 0 Å². The molecule has 0 fully saturated rings. The van der Waals surface area contributed by atoms with Crippen LogP contribution in [-0.2, 0) is 31.0 Å². The van der Waals surface area contributed by atoms with Crippen LogP contribution < -0.4 is 12.3 Å². The van der Waals surface area contributed by atoms with Gasteiger partial charge in [0.05, 0.1) is 0 Å². The van der Waals surface area contributed by atoms with Crippen molar-refractivity contribution >= 4 is 5.97 Å². The quantitative estimate of drug-likeness (QED) is 0.450. The van der Waals surface area contributed by atoms with E-state index in [2.05, 4.69) is 0 Å². The second-order valence-electron chi connectivity index (χ2n) is 0.552. The topological polar surface area (TPSA) is 128 Å². The van der Waals surface area contributed by atoms with Crippen LogP contribution in [0.25, 0.3) is 0 Å². The number of hydrogen-bond donors (Lipinski definition) is 4. The summed E-state index contributed by atoms with van der Waals surface area (Å²) in [5.41, 5.74) is 0. The molecule has 50 valence electrons. The van der Waals surface area contributed by atoms with Crippen molar-refractivity contribution in [2.75, 3.05) is 6.61 Å². The number of aliphatic hydroxyl groups excluding tert-OH is 1. The molecule has 0 amide bonds. The number of carboxylic acid groups (broad SMARTS) is 1. The molecule has 0 saturated carbocycles. The summed E-state index contributed by atoms with van der Waals surface area (Å²) in [6.07, 6.45) is 0. The zero-order valence-corrected chi connectivity index (χ0v) is 6.88. The fraction of sp³-hybridized carbons (Fsp3) is 0.500. The van der Waals surface area contributed by atoms with Crippen molar-refractivity contribution in [3.63, 3.8) is 0 Å². The summed E-state index contributed by atoms with van der Waals surface area (Å²) in [6.45, 7) is -0.778. The summed E-state index contributed by atoms with van der Waals surface area (Å²) >= 11 is 0. The normalized spacial score (nSPS) is 4.62. The van der Waals surface area contributed by atoms with Crippen molar-refractivity contribution in [2.24, 2.45) is 0 Å². The Balaban J connectivity index is -0.0000000267. The molecule has 5 nitrogen and oxygen atoms in total. The largest absolute Gasteiger partial charge is 0.480 e. The van der Waals surface area contributed by atoms with Gasteiger partial charge in [0.15, 0.2) is 0 Å². The van der Waals surface area contributed by atoms with E-state index in [-0.39, 0.29) is 38.5 Å². The fourth-order valence-electron chi connectivity index (χ4n) is 0. The van der Waals surface area contributed by atoms with Gasteiger partial charge in [0.1, 0.15) is 6.61 Å². The third-order valence-electron chi connectivity index (χ3n) is 0.135. The first kappa shape index (κ1) is 24.0. The Hall–Kier alpha value is 0.233. The number of hydrogen-bond acceptors (Lipinski definition) is 4. The molecule has 0 unspecified atom stereocenters. The molecule has 0 bridgehead atoms. The summed E-state index contributed by atoms with van der Waals surface area (Å²) < 4.78 is 0. The van der Waals surface area contributed by atoms with E-state index in [0.717, 1.165) is 0 Å². The first-order chi connectivity index (χ1) is 2.27. The van der Waals surface area contributed by atoms with Crippen LogP contribution in [0.3, 0.4) is 0 Å². The van der Waals surface area contributed by atoms with Gasteiger partial charge in [-0.1, -0.05) is 0 Å². The average molecular weight is 201 g/mol. The molecule has 0 aromatic carbocycles. The zero-order chi connectivity index (χ0) is 4.28. The van der Waals surface area contributed by atoms with Crippen molar-refractivity contribution in [1.29, 1.82) is 0 Å². The Bertz CT molecular complexity index is 50.5. The van der Waals surface area contributed by atoms with E-state index in [1.165, 1.54) is 0 Å². The van der Waals surface area contributed by atoms with E-state index in [4.69, 9.17) is 15.0 Å². The van der Waals surface area contributed by atoms with Gasteiger partial charge < -0.3 is 22.5 Å². The van der Waals surface area contributed by atoms with Gasteiger partial charge >= 0.3 is 5.97 Å². The van der Waals surface area contributed by atoms with Gasteiger partial charge in [0.2, 0.25) is 0 Å². The minimum atomic E-state index is -1.19. The molecular formula is C2H10N2O3Zr. The second-order valence-corrected chi connectivity index (χ2v) is 0.552. The van der Waals surface area contributed by atoms with E-state index >= 15 is 0 Å². The molecule has 8 heavy (non-hydrogen) atoms. The van der Waals surface area contributed by atoms with E-state index in [1.54, 1.807) is 0 Å². The molecule has 6 heteroatoms. The van der Waals surface area contributed by atoms with Crippen LogP contribution in [0, 0.1) is 0 Å². The molecular weight excluding hydrogens is 191 g/mol. The predicted molar refractivity (Wildman–Crippen MR) is 24.8 cm³/mol. The third-order valence-corrected chi connectivity index (χ3v) is 0.135. The second kappa shape index (κ2) is 15.7. The Morgan fingerprint density at radius 3 is 1.50 bits per heavy atom. The number of carboxylic acids is 1. The van der Waals surface area contributed by atoms with Gasteiger partial charge in [0, 0.05) is 26.2 Å². The van der Waals surface area contributed by atoms with Gasteiger partial charge in [-0.3, -0.25) is 0 Å². The van der Waals surface area contributed by atoms with Gasteiger partial charge in [-0.15, -0.1) is 0 Å². The molecule has 0 saturated heterocycles. The summed E-state index contributed by atoms with van der Waals surface area (Å²) in [5.74, 6) is -1.19. The minimum Gasteiger partial charge on any atom is -0.480 e. The molecule has 0 aliphatic rings. The van der Waals surface area contributed by atoms with Gasteiger partial charge in [-0.05, 0) is 0 Å².